The fraction of sp³-hybridized carbons (Fsp3) is 0.954. The van der Waals surface area contributed by atoms with E-state index in [-0.39, 0.29) is 31.1 Å². The Labute approximate surface area is 444 Å². The molecule has 422 valence electrons. The van der Waals surface area contributed by atoms with Crippen LogP contribution in [0.4, 0.5) is 0 Å². The lowest BCUT2D eigenvalue weighted by molar-refractivity contribution is -0.167. The molecule has 3 atom stereocenters. The second-order valence-electron chi connectivity index (χ2n) is 23.4. The lowest BCUT2D eigenvalue weighted by atomic mass is 9.99. The highest BCUT2D eigenvalue weighted by atomic mass is 16.6. The second-order valence-corrected chi connectivity index (χ2v) is 23.4. The van der Waals surface area contributed by atoms with Crippen molar-refractivity contribution in [3.8, 4) is 0 Å². The highest BCUT2D eigenvalue weighted by Crippen LogP contribution is 2.20. The van der Waals surface area contributed by atoms with E-state index in [9.17, 15) is 14.4 Å². The van der Waals surface area contributed by atoms with Crippen LogP contribution >= 0.6 is 0 Å². The molecule has 0 N–H and O–H groups in total. The van der Waals surface area contributed by atoms with E-state index in [4.69, 9.17) is 14.2 Å². The molecule has 0 radical (unpaired) electrons. The molecule has 6 nitrogen and oxygen atoms in total. The maximum Gasteiger partial charge on any atom is 0.306 e. The van der Waals surface area contributed by atoms with E-state index in [1.807, 2.05) is 0 Å². The van der Waals surface area contributed by atoms with Crippen molar-refractivity contribution in [3.63, 3.8) is 0 Å². The van der Waals surface area contributed by atoms with Crippen molar-refractivity contribution >= 4 is 17.9 Å². The fourth-order valence-corrected chi connectivity index (χ4v) is 10.00. The van der Waals surface area contributed by atoms with Crippen LogP contribution in [0.25, 0.3) is 0 Å². The zero-order valence-electron chi connectivity index (χ0n) is 49.0. The number of carbonyl (C=O) groups is 3. The maximum atomic E-state index is 12.9. The number of unbranched alkanes of at least 4 members (excludes halogenated alkanes) is 39. The van der Waals surface area contributed by atoms with E-state index in [1.165, 1.54) is 244 Å². The van der Waals surface area contributed by atoms with Gasteiger partial charge in [-0.2, -0.15) is 0 Å². The summed E-state index contributed by atoms with van der Waals surface area (Å²) in [5.74, 6) is 1.79. The summed E-state index contributed by atoms with van der Waals surface area (Å²) in [6, 6.07) is 0. The van der Waals surface area contributed by atoms with E-state index >= 15 is 0 Å². The van der Waals surface area contributed by atoms with Gasteiger partial charge in [-0.05, 0) is 37.0 Å². The van der Waals surface area contributed by atoms with Gasteiger partial charge in [0.1, 0.15) is 13.2 Å². The number of ether oxygens (including phenoxy) is 3. The molecule has 0 aliphatic carbocycles. The van der Waals surface area contributed by atoms with Crippen molar-refractivity contribution in [2.24, 2.45) is 17.8 Å². The summed E-state index contributed by atoms with van der Waals surface area (Å²) in [6.45, 7) is 13.9. The van der Waals surface area contributed by atoms with Crippen LogP contribution in [0.3, 0.4) is 0 Å². The Morgan fingerprint density at radius 1 is 0.282 bits per heavy atom. The topological polar surface area (TPSA) is 78.9 Å². The molecule has 71 heavy (non-hydrogen) atoms. The largest absolute Gasteiger partial charge is 0.462 e. The summed E-state index contributed by atoms with van der Waals surface area (Å²) < 4.78 is 17.0. The molecule has 0 saturated carbocycles. The molecule has 0 amide bonds. The molecule has 0 heterocycles. The number of esters is 3. The summed E-state index contributed by atoms with van der Waals surface area (Å²) in [6.07, 6.45) is 60.9. The van der Waals surface area contributed by atoms with Crippen LogP contribution in [0.1, 0.15) is 363 Å². The van der Waals surface area contributed by atoms with Gasteiger partial charge in [-0.1, -0.05) is 324 Å². The van der Waals surface area contributed by atoms with Crippen LogP contribution in [-0.2, 0) is 28.6 Å². The molecule has 0 aromatic rings. The Balaban J connectivity index is 4.28. The zero-order chi connectivity index (χ0) is 51.9. The van der Waals surface area contributed by atoms with E-state index in [2.05, 4.69) is 41.5 Å². The standard InChI is InChI=1S/C65H126O6/c1-7-60(5)52-46-40-34-28-22-18-15-16-19-23-30-36-42-48-54-63(66)69-57-62(58-70-64(67)55-49-43-37-31-26-25-29-35-41-47-53-61(6)8-2)71-65(68)56-50-44-38-32-24-20-14-12-10-9-11-13-17-21-27-33-39-45-51-59(3)4/h59-62H,7-58H2,1-6H3/t60?,61?,62-/m1/s1. The number of rotatable bonds is 58. The predicted molar refractivity (Wildman–Crippen MR) is 307 cm³/mol. The van der Waals surface area contributed by atoms with Gasteiger partial charge in [0.25, 0.3) is 0 Å². The molecule has 0 saturated heterocycles. The summed E-state index contributed by atoms with van der Waals surface area (Å²) in [4.78, 5) is 38.3. The Morgan fingerprint density at radius 3 is 0.732 bits per heavy atom. The molecule has 0 spiro atoms. The van der Waals surface area contributed by atoms with Gasteiger partial charge < -0.3 is 14.2 Å². The van der Waals surface area contributed by atoms with E-state index < -0.39 is 6.10 Å². The zero-order valence-corrected chi connectivity index (χ0v) is 49.0. The third-order valence-electron chi connectivity index (χ3n) is 15.6. The molecule has 6 heteroatoms. The minimum Gasteiger partial charge on any atom is -0.462 e. The Kier molecular flexibility index (Phi) is 54.9. The first-order chi connectivity index (χ1) is 34.7. The average Bonchev–Trinajstić information content (AvgIpc) is 3.36. The Morgan fingerprint density at radius 2 is 0.493 bits per heavy atom. The van der Waals surface area contributed by atoms with Crippen LogP contribution in [0, 0.1) is 17.8 Å². The van der Waals surface area contributed by atoms with E-state index in [0.29, 0.717) is 19.3 Å². The predicted octanol–water partition coefficient (Wildman–Crippen LogP) is 21.5. The first kappa shape index (κ1) is 69.4. The Hall–Kier alpha value is -1.59. The van der Waals surface area contributed by atoms with Gasteiger partial charge in [-0.25, -0.2) is 0 Å². The van der Waals surface area contributed by atoms with E-state index in [0.717, 1.165) is 75.5 Å². The van der Waals surface area contributed by atoms with Gasteiger partial charge in [0, 0.05) is 19.3 Å². The normalized spacial score (nSPS) is 12.9. The van der Waals surface area contributed by atoms with Gasteiger partial charge in [-0.15, -0.1) is 0 Å². The first-order valence-electron chi connectivity index (χ1n) is 32.2. The van der Waals surface area contributed by atoms with Crippen molar-refractivity contribution in [1.82, 2.24) is 0 Å². The van der Waals surface area contributed by atoms with Gasteiger partial charge >= 0.3 is 17.9 Å². The summed E-state index contributed by atoms with van der Waals surface area (Å²) in [7, 11) is 0. The highest BCUT2D eigenvalue weighted by molar-refractivity contribution is 5.71. The van der Waals surface area contributed by atoms with Crippen LogP contribution < -0.4 is 0 Å². The molecule has 0 bridgehead atoms. The van der Waals surface area contributed by atoms with Gasteiger partial charge in [0.05, 0.1) is 0 Å². The van der Waals surface area contributed by atoms with Crippen LogP contribution in [0.2, 0.25) is 0 Å². The van der Waals surface area contributed by atoms with Gasteiger partial charge in [0.2, 0.25) is 0 Å². The molecular weight excluding hydrogens is 877 g/mol. The fourth-order valence-electron chi connectivity index (χ4n) is 10.00. The third kappa shape index (κ3) is 56.0. The first-order valence-corrected chi connectivity index (χ1v) is 32.2. The highest BCUT2D eigenvalue weighted by Gasteiger charge is 2.19. The van der Waals surface area contributed by atoms with Crippen molar-refractivity contribution < 1.29 is 28.6 Å². The van der Waals surface area contributed by atoms with Gasteiger partial charge in [-0.3, -0.25) is 14.4 Å². The third-order valence-corrected chi connectivity index (χ3v) is 15.6. The maximum absolute atomic E-state index is 12.9. The van der Waals surface area contributed by atoms with Crippen molar-refractivity contribution in [3.05, 3.63) is 0 Å². The quantitative estimate of drug-likeness (QED) is 0.0343. The van der Waals surface area contributed by atoms with Gasteiger partial charge in [0.15, 0.2) is 6.10 Å². The van der Waals surface area contributed by atoms with Crippen molar-refractivity contribution in [1.29, 1.82) is 0 Å². The number of carbonyl (C=O) groups excluding carboxylic acids is 3. The van der Waals surface area contributed by atoms with Crippen LogP contribution in [0.5, 0.6) is 0 Å². The monoisotopic (exact) mass is 1000 g/mol. The SMILES string of the molecule is CCC(C)CCCCCCCCCCCCCCCCC(=O)OC[C@H](COC(=O)CCCCCCCCCCCCC(C)CC)OC(=O)CCCCCCCCCCCCCCCCCCCCC(C)C. The van der Waals surface area contributed by atoms with Crippen molar-refractivity contribution in [2.75, 3.05) is 13.2 Å². The van der Waals surface area contributed by atoms with E-state index in [1.54, 1.807) is 0 Å². The number of hydrogen-bond donors (Lipinski definition) is 0. The molecule has 0 rings (SSSR count). The lowest BCUT2D eigenvalue weighted by Gasteiger charge is -2.18. The van der Waals surface area contributed by atoms with Crippen LogP contribution in [0.15, 0.2) is 0 Å². The summed E-state index contributed by atoms with van der Waals surface area (Å²) in [5, 5.41) is 0. The average molecular weight is 1000 g/mol. The molecule has 0 aliphatic heterocycles. The molecule has 0 aliphatic rings. The minimum absolute atomic E-state index is 0.0628. The molecule has 0 aromatic carbocycles. The minimum atomic E-state index is -0.765. The molecule has 2 unspecified atom stereocenters. The van der Waals surface area contributed by atoms with Crippen LogP contribution in [-0.4, -0.2) is 37.2 Å². The lowest BCUT2D eigenvalue weighted by Crippen LogP contribution is -2.30. The molecule has 0 aromatic heterocycles. The Bertz CT molecular complexity index is 1110. The summed E-state index contributed by atoms with van der Waals surface area (Å²) >= 11 is 0. The van der Waals surface area contributed by atoms with Crippen molar-refractivity contribution in [2.45, 2.75) is 369 Å². The summed E-state index contributed by atoms with van der Waals surface area (Å²) in [5.41, 5.74) is 0. The molecule has 0 fully saturated rings. The smallest absolute Gasteiger partial charge is 0.306 e. The molecular formula is C65H126O6. The second kappa shape index (κ2) is 56.1. The number of hydrogen-bond acceptors (Lipinski definition) is 6.